The first kappa shape index (κ1) is 8.82. The van der Waals surface area contributed by atoms with Gasteiger partial charge in [-0.15, -0.1) is 0 Å². The molecule has 0 aliphatic heterocycles. The Kier molecular flexibility index (Phi) is 2.40. The maximum atomic E-state index is 6.02. The fraction of sp³-hybridized carbons (Fsp3) is 0.500. The third-order valence-corrected chi connectivity index (χ3v) is 3.04. The number of nitrogen functional groups attached to an aromatic ring is 1. The molecule has 2 nitrogen and oxygen atoms in total. The number of nitrogens with two attached hydrogens (primary N) is 1. The average molecular weight is 197 g/mol. The lowest BCUT2D eigenvalue weighted by Gasteiger charge is -2.13. The minimum atomic E-state index is 0.543. The normalized spacial score (nSPS) is 17.9. The third-order valence-electron chi connectivity index (χ3n) is 2.74. The fourth-order valence-electron chi connectivity index (χ4n) is 2.08. The Bertz CT molecular complexity index is 286. The summed E-state index contributed by atoms with van der Waals surface area (Å²) in [5.41, 5.74) is 7.75. The lowest BCUT2D eigenvalue weighted by Crippen LogP contribution is -2.01. The smallest absolute Gasteiger partial charge is 0.134 e. The largest absolute Gasteiger partial charge is 0.398 e. The van der Waals surface area contributed by atoms with Gasteiger partial charge in [0.15, 0.2) is 0 Å². The van der Waals surface area contributed by atoms with E-state index in [2.05, 4.69) is 4.98 Å². The molecule has 0 bridgehead atoms. The SMILES string of the molecule is Nc1ccnc(Cl)c1C1CCCC1. The molecule has 1 aromatic heterocycles. The van der Waals surface area contributed by atoms with E-state index < -0.39 is 0 Å². The zero-order valence-corrected chi connectivity index (χ0v) is 8.22. The molecule has 1 aliphatic rings. The quantitative estimate of drug-likeness (QED) is 0.702. The van der Waals surface area contributed by atoms with Gasteiger partial charge in [0.1, 0.15) is 5.15 Å². The van der Waals surface area contributed by atoms with Gasteiger partial charge in [0.2, 0.25) is 0 Å². The van der Waals surface area contributed by atoms with Crippen molar-refractivity contribution in [3.63, 3.8) is 0 Å². The first-order chi connectivity index (χ1) is 6.29. The summed E-state index contributed by atoms with van der Waals surface area (Å²) in [4.78, 5) is 4.07. The zero-order valence-electron chi connectivity index (χ0n) is 7.46. The second-order valence-corrected chi connectivity index (χ2v) is 3.94. The maximum absolute atomic E-state index is 6.02. The molecule has 1 heterocycles. The van der Waals surface area contributed by atoms with E-state index in [9.17, 15) is 0 Å². The maximum Gasteiger partial charge on any atom is 0.134 e. The highest BCUT2D eigenvalue weighted by molar-refractivity contribution is 6.30. The van der Waals surface area contributed by atoms with Gasteiger partial charge >= 0.3 is 0 Å². The molecule has 0 aromatic carbocycles. The van der Waals surface area contributed by atoms with Gasteiger partial charge in [0, 0.05) is 17.4 Å². The lowest BCUT2D eigenvalue weighted by atomic mass is 9.98. The molecule has 0 amide bonds. The molecule has 0 spiro atoms. The topological polar surface area (TPSA) is 38.9 Å². The second kappa shape index (κ2) is 3.54. The number of aromatic nitrogens is 1. The van der Waals surface area contributed by atoms with Crippen molar-refractivity contribution < 1.29 is 0 Å². The van der Waals surface area contributed by atoms with Gasteiger partial charge in [-0.3, -0.25) is 0 Å². The molecule has 0 atom stereocenters. The molecular formula is C10H13ClN2. The van der Waals surface area contributed by atoms with Crippen LogP contribution in [0, 0.1) is 0 Å². The molecule has 0 unspecified atom stereocenters. The molecule has 1 aliphatic carbocycles. The Morgan fingerprint density at radius 3 is 2.69 bits per heavy atom. The monoisotopic (exact) mass is 196 g/mol. The molecule has 13 heavy (non-hydrogen) atoms. The molecule has 1 aromatic rings. The highest BCUT2D eigenvalue weighted by atomic mass is 35.5. The van der Waals surface area contributed by atoms with Crippen LogP contribution in [0.5, 0.6) is 0 Å². The molecule has 2 N–H and O–H groups in total. The van der Waals surface area contributed by atoms with Crippen molar-refractivity contribution in [3.05, 3.63) is 23.0 Å². The van der Waals surface area contributed by atoms with Crippen molar-refractivity contribution >= 4 is 17.3 Å². The Morgan fingerprint density at radius 1 is 1.38 bits per heavy atom. The summed E-state index contributed by atoms with van der Waals surface area (Å²) in [7, 11) is 0. The van der Waals surface area contributed by atoms with Gasteiger partial charge in [0.25, 0.3) is 0 Å². The lowest BCUT2D eigenvalue weighted by molar-refractivity contribution is 0.722. The minimum absolute atomic E-state index is 0.543. The predicted octanol–water partition coefficient (Wildman–Crippen LogP) is 2.97. The molecule has 2 rings (SSSR count). The van der Waals surface area contributed by atoms with Crippen LogP contribution < -0.4 is 5.73 Å². The van der Waals surface area contributed by atoms with Crippen LogP contribution in [0.2, 0.25) is 5.15 Å². The molecule has 1 saturated carbocycles. The third kappa shape index (κ3) is 1.63. The van der Waals surface area contributed by atoms with E-state index in [1.54, 1.807) is 6.20 Å². The Morgan fingerprint density at radius 2 is 2.08 bits per heavy atom. The predicted molar refractivity (Wildman–Crippen MR) is 54.9 cm³/mol. The first-order valence-corrected chi connectivity index (χ1v) is 5.06. The summed E-state index contributed by atoms with van der Waals surface area (Å²) in [5, 5.41) is 0.590. The van der Waals surface area contributed by atoms with Crippen molar-refractivity contribution in [2.24, 2.45) is 0 Å². The zero-order chi connectivity index (χ0) is 9.26. The van der Waals surface area contributed by atoms with E-state index >= 15 is 0 Å². The number of halogens is 1. The van der Waals surface area contributed by atoms with Crippen LogP contribution in [0.4, 0.5) is 5.69 Å². The van der Waals surface area contributed by atoms with E-state index in [0.29, 0.717) is 11.1 Å². The summed E-state index contributed by atoms with van der Waals surface area (Å²) >= 11 is 6.02. The Hall–Kier alpha value is -0.760. The number of hydrogen-bond acceptors (Lipinski definition) is 2. The molecule has 1 fully saturated rings. The van der Waals surface area contributed by atoms with Gasteiger partial charge in [0.05, 0.1) is 0 Å². The van der Waals surface area contributed by atoms with E-state index in [1.807, 2.05) is 6.07 Å². The van der Waals surface area contributed by atoms with Gasteiger partial charge < -0.3 is 5.73 Å². The van der Waals surface area contributed by atoms with E-state index in [-0.39, 0.29) is 0 Å². The molecule has 3 heteroatoms. The van der Waals surface area contributed by atoms with Crippen LogP contribution >= 0.6 is 11.6 Å². The van der Waals surface area contributed by atoms with Crippen LogP contribution in [0.3, 0.4) is 0 Å². The first-order valence-electron chi connectivity index (χ1n) is 4.69. The van der Waals surface area contributed by atoms with Crippen LogP contribution in [0.1, 0.15) is 37.2 Å². The second-order valence-electron chi connectivity index (χ2n) is 3.59. The number of nitrogens with zero attached hydrogens (tertiary/aromatic N) is 1. The van der Waals surface area contributed by atoms with Crippen molar-refractivity contribution in [1.82, 2.24) is 4.98 Å². The minimum Gasteiger partial charge on any atom is -0.398 e. The summed E-state index contributed by atoms with van der Waals surface area (Å²) in [5.74, 6) is 0.543. The van der Waals surface area contributed by atoms with Crippen molar-refractivity contribution in [2.75, 3.05) is 5.73 Å². The van der Waals surface area contributed by atoms with E-state index in [4.69, 9.17) is 17.3 Å². The van der Waals surface area contributed by atoms with Crippen molar-refractivity contribution in [1.29, 1.82) is 0 Å². The standard InChI is InChI=1S/C10H13ClN2/c11-10-9(7-3-1-2-4-7)8(12)5-6-13-10/h5-7H,1-4H2,(H2,12,13). The van der Waals surface area contributed by atoms with Gasteiger partial charge in [-0.2, -0.15) is 0 Å². The average Bonchev–Trinajstić information content (AvgIpc) is 2.57. The highest BCUT2D eigenvalue weighted by Gasteiger charge is 2.21. The summed E-state index contributed by atoms with van der Waals surface area (Å²) < 4.78 is 0. The molecule has 0 radical (unpaired) electrons. The number of rotatable bonds is 1. The summed E-state index contributed by atoms with van der Waals surface area (Å²) in [6.45, 7) is 0. The summed E-state index contributed by atoms with van der Waals surface area (Å²) in [6.07, 6.45) is 6.64. The van der Waals surface area contributed by atoms with Crippen LogP contribution in [-0.2, 0) is 0 Å². The molecule has 70 valence electrons. The van der Waals surface area contributed by atoms with Crippen LogP contribution in [-0.4, -0.2) is 4.98 Å². The van der Waals surface area contributed by atoms with Gasteiger partial charge in [-0.25, -0.2) is 4.98 Å². The van der Waals surface area contributed by atoms with Gasteiger partial charge in [-0.05, 0) is 24.8 Å². The number of anilines is 1. The van der Waals surface area contributed by atoms with Crippen molar-refractivity contribution in [2.45, 2.75) is 31.6 Å². The highest BCUT2D eigenvalue weighted by Crippen LogP contribution is 2.39. The summed E-state index contributed by atoms with van der Waals surface area (Å²) in [6, 6.07) is 1.83. The van der Waals surface area contributed by atoms with E-state index in [0.717, 1.165) is 11.3 Å². The fourth-order valence-corrected chi connectivity index (χ4v) is 2.40. The Balaban J connectivity index is 2.37. The molecular weight excluding hydrogens is 184 g/mol. The Labute approximate surface area is 83.1 Å². The van der Waals surface area contributed by atoms with Gasteiger partial charge in [-0.1, -0.05) is 24.4 Å². The van der Waals surface area contributed by atoms with E-state index in [1.165, 1.54) is 25.7 Å². The molecule has 0 saturated heterocycles. The van der Waals surface area contributed by atoms with Crippen LogP contribution in [0.25, 0.3) is 0 Å². The number of hydrogen-bond donors (Lipinski definition) is 1. The van der Waals surface area contributed by atoms with Crippen LogP contribution in [0.15, 0.2) is 12.3 Å². The van der Waals surface area contributed by atoms with Crippen molar-refractivity contribution in [3.8, 4) is 0 Å². The number of pyridine rings is 1.